The Balaban J connectivity index is 0.00000288. The van der Waals surface area contributed by atoms with E-state index in [4.69, 9.17) is 5.11 Å². The van der Waals surface area contributed by atoms with Crippen molar-refractivity contribution in [2.24, 2.45) is 0 Å². The maximum atomic E-state index is 14.3. The molecule has 11 heteroatoms. The number of aliphatic hydroxyl groups is 1. The van der Waals surface area contributed by atoms with Crippen LogP contribution in [-0.4, -0.2) is 58.7 Å². The van der Waals surface area contributed by atoms with E-state index in [1.807, 2.05) is 0 Å². The molecule has 1 atom stereocenters. The average molecular weight is 433 g/mol. The van der Waals surface area contributed by atoms with E-state index in [0.29, 0.717) is 13.1 Å². The maximum absolute atomic E-state index is 14.3. The summed E-state index contributed by atoms with van der Waals surface area (Å²) in [6, 6.07) is 0.606. The molecule has 0 radical (unpaired) electrons. The number of nitrogens with zero attached hydrogens (tertiary/aromatic N) is 2. The number of hydrogen-bond acceptors (Lipinski definition) is 6. The standard InChI is InChI=1S/C13H16BrF2N3O4.ClH/c14-8-5-9(11(21)10(6-8)19(22)23)12(13(15,16)7-20)18-3-1-17-2-4-18;/h5-6,12,17,20-21H,1-4,7H2;1H/t12-;/m1./s1. The van der Waals surface area contributed by atoms with E-state index in [-0.39, 0.29) is 35.5 Å². The highest BCUT2D eigenvalue weighted by atomic mass is 79.9. The molecule has 1 saturated heterocycles. The van der Waals surface area contributed by atoms with Gasteiger partial charge in [0.15, 0.2) is 5.75 Å². The molecule has 2 rings (SSSR count). The van der Waals surface area contributed by atoms with Gasteiger partial charge < -0.3 is 15.5 Å². The highest BCUT2D eigenvalue weighted by Crippen LogP contribution is 2.44. The summed E-state index contributed by atoms with van der Waals surface area (Å²) < 4.78 is 28.8. The summed E-state index contributed by atoms with van der Waals surface area (Å²) in [6.07, 6.45) is 0. The third-order valence-corrected chi connectivity index (χ3v) is 4.16. The van der Waals surface area contributed by atoms with E-state index < -0.39 is 34.9 Å². The van der Waals surface area contributed by atoms with Crippen LogP contribution in [0.25, 0.3) is 0 Å². The van der Waals surface area contributed by atoms with Crippen molar-refractivity contribution in [1.82, 2.24) is 10.2 Å². The van der Waals surface area contributed by atoms with Crippen LogP contribution in [0, 0.1) is 10.1 Å². The highest BCUT2D eigenvalue weighted by Gasteiger charge is 2.46. The number of rotatable bonds is 5. The lowest BCUT2D eigenvalue weighted by Gasteiger charge is -2.38. The first-order valence-corrected chi connectivity index (χ1v) is 7.67. The van der Waals surface area contributed by atoms with E-state index in [1.165, 1.54) is 11.0 Å². The zero-order chi connectivity index (χ0) is 17.2. The molecule has 1 aromatic rings. The lowest BCUT2D eigenvalue weighted by Crippen LogP contribution is -2.51. The first-order valence-electron chi connectivity index (χ1n) is 6.88. The van der Waals surface area contributed by atoms with Gasteiger partial charge in [0.1, 0.15) is 12.6 Å². The summed E-state index contributed by atoms with van der Waals surface area (Å²) in [5.74, 6) is -4.38. The summed E-state index contributed by atoms with van der Waals surface area (Å²) in [4.78, 5) is 11.6. The van der Waals surface area contributed by atoms with Crippen molar-refractivity contribution < 1.29 is 23.9 Å². The Morgan fingerprint density at radius 2 is 2.00 bits per heavy atom. The van der Waals surface area contributed by atoms with Gasteiger partial charge in [0.05, 0.1) is 4.92 Å². The van der Waals surface area contributed by atoms with Crippen LogP contribution in [0.5, 0.6) is 5.75 Å². The number of phenols is 1. The fourth-order valence-corrected chi connectivity index (χ4v) is 3.13. The molecule has 0 spiro atoms. The zero-order valence-electron chi connectivity index (χ0n) is 12.4. The molecule has 0 unspecified atom stereocenters. The van der Waals surface area contributed by atoms with Crippen molar-refractivity contribution in [3.8, 4) is 5.75 Å². The van der Waals surface area contributed by atoms with Gasteiger partial charge >= 0.3 is 5.69 Å². The Labute approximate surface area is 151 Å². The minimum absolute atomic E-state index is 0. The number of aliphatic hydroxyl groups excluding tert-OH is 1. The Morgan fingerprint density at radius 3 is 2.50 bits per heavy atom. The molecule has 1 aromatic carbocycles. The van der Waals surface area contributed by atoms with Gasteiger partial charge in [-0.3, -0.25) is 15.0 Å². The summed E-state index contributed by atoms with van der Waals surface area (Å²) in [5, 5.41) is 33.2. The Kier molecular flexibility index (Phi) is 7.29. The van der Waals surface area contributed by atoms with Crippen LogP contribution in [0.4, 0.5) is 14.5 Å². The largest absolute Gasteiger partial charge is 0.502 e. The predicted octanol–water partition coefficient (Wildman–Crippen LogP) is 2.06. The molecule has 0 aliphatic carbocycles. The van der Waals surface area contributed by atoms with Crippen molar-refractivity contribution in [3.63, 3.8) is 0 Å². The molecule has 0 amide bonds. The Hall–Kier alpha value is -1.07. The molecule has 1 aliphatic rings. The second-order valence-corrected chi connectivity index (χ2v) is 6.14. The monoisotopic (exact) mass is 431 g/mol. The van der Waals surface area contributed by atoms with Gasteiger partial charge in [-0.1, -0.05) is 15.9 Å². The van der Waals surface area contributed by atoms with E-state index >= 15 is 0 Å². The van der Waals surface area contributed by atoms with Crippen LogP contribution in [0.15, 0.2) is 16.6 Å². The van der Waals surface area contributed by atoms with E-state index in [0.717, 1.165) is 6.07 Å². The van der Waals surface area contributed by atoms with Crippen molar-refractivity contribution in [2.75, 3.05) is 32.8 Å². The van der Waals surface area contributed by atoms with Gasteiger partial charge in [-0.05, 0) is 6.07 Å². The van der Waals surface area contributed by atoms with Crippen LogP contribution in [0.3, 0.4) is 0 Å². The van der Waals surface area contributed by atoms with Gasteiger partial charge in [0, 0.05) is 42.3 Å². The summed E-state index contributed by atoms with van der Waals surface area (Å²) >= 11 is 3.04. The van der Waals surface area contributed by atoms with Crippen molar-refractivity contribution in [2.45, 2.75) is 12.0 Å². The lowest BCUT2D eigenvalue weighted by atomic mass is 9.96. The van der Waals surface area contributed by atoms with Crippen LogP contribution in [0.1, 0.15) is 11.6 Å². The van der Waals surface area contributed by atoms with Crippen LogP contribution in [-0.2, 0) is 0 Å². The lowest BCUT2D eigenvalue weighted by molar-refractivity contribution is -0.386. The molecule has 0 aromatic heterocycles. The van der Waals surface area contributed by atoms with Gasteiger partial charge in [-0.2, -0.15) is 0 Å². The number of phenolic OH excluding ortho intramolecular Hbond substituents is 1. The van der Waals surface area contributed by atoms with Gasteiger partial charge in [-0.15, -0.1) is 12.4 Å². The number of hydrogen-bond donors (Lipinski definition) is 3. The first-order chi connectivity index (χ1) is 10.8. The van der Waals surface area contributed by atoms with Crippen LogP contribution < -0.4 is 5.32 Å². The highest BCUT2D eigenvalue weighted by molar-refractivity contribution is 9.10. The van der Waals surface area contributed by atoms with Crippen molar-refractivity contribution >= 4 is 34.0 Å². The topological polar surface area (TPSA) is 98.9 Å². The summed E-state index contributed by atoms with van der Waals surface area (Å²) in [6.45, 7) is 0.0328. The normalized spacial score (nSPS) is 17.2. The second-order valence-electron chi connectivity index (χ2n) is 5.23. The van der Waals surface area contributed by atoms with Crippen molar-refractivity contribution in [3.05, 3.63) is 32.3 Å². The molecular formula is C13H17BrClF2N3O4. The number of benzene rings is 1. The number of halogens is 4. The molecule has 0 saturated carbocycles. The molecule has 7 nitrogen and oxygen atoms in total. The Morgan fingerprint density at radius 1 is 1.42 bits per heavy atom. The van der Waals surface area contributed by atoms with Crippen molar-refractivity contribution in [1.29, 1.82) is 0 Å². The fraction of sp³-hybridized carbons (Fsp3) is 0.538. The Bertz CT molecular complexity index is 603. The molecule has 0 bridgehead atoms. The average Bonchev–Trinajstić information content (AvgIpc) is 2.51. The second kappa shape index (κ2) is 8.34. The SMILES string of the molecule is Cl.O=[N+]([O-])c1cc(Br)cc([C@@H](N2CCNCC2)C(F)(F)CO)c1O. The predicted molar refractivity (Wildman–Crippen MR) is 88.9 cm³/mol. The number of nitrogens with one attached hydrogen (secondary N) is 1. The maximum Gasteiger partial charge on any atom is 0.312 e. The van der Waals surface area contributed by atoms with Crippen LogP contribution in [0.2, 0.25) is 0 Å². The van der Waals surface area contributed by atoms with Crippen LogP contribution >= 0.6 is 28.3 Å². The minimum Gasteiger partial charge on any atom is -0.502 e. The smallest absolute Gasteiger partial charge is 0.312 e. The summed E-state index contributed by atoms with van der Waals surface area (Å²) in [5.41, 5.74) is -0.949. The number of nitro groups is 1. The van der Waals surface area contributed by atoms with Gasteiger partial charge in [0.25, 0.3) is 5.92 Å². The fourth-order valence-electron chi connectivity index (χ4n) is 2.67. The molecule has 136 valence electrons. The van der Waals surface area contributed by atoms with E-state index in [2.05, 4.69) is 21.2 Å². The number of nitro benzene ring substituents is 1. The third-order valence-electron chi connectivity index (χ3n) is 3.70. The molecule has 1 aliphatic heterocycles. The van der Waals surface area contributed by atoms with Gasteiger partial charge in [-0.25, -0.2) is 8.78 Å². The quantitative estimate of drug-likeness (QED) is 0.487. The van der Waals surface area contributed by atoms with Gasteiger partial charge in [0.2, 0.25) is 0 Å². The molecule has 1 fully saturated rings. The molecule has 24 heavy (non-hydrogen) atoms. The third kappa shape index (κ3) is 4.31. The number of alkyl halides is 2. The molecule has 1 heterocycles. The summed E-state index contributed by atoms with van der Waals surface area (Å²) in [7, 11) is 0. The van der Waals surface area contributed by atoms with E-state index in [9.17, 15) is 24.0 Å². The number of aromatic hydroxyl groups is 1. The molecular weight excluding hydrogens is 416 g/mol. The first kappa shape index (κ1) is 21.0. The van der Waals surface area contributed by atoms with E-state index in [1.54, 1.807) is 0 Å². The molecule has 3 N–H and O–H groups in total. The zero-order valence-corrected chi connectivity index (χ0v) is 14.8. The minimum atomic E-state index is -3.57. The number of piperazine rings is 1.